The van der Waals surface area contributed by atoms with Crippen LogP contribution in [0.3, 0.4) is 0 Å². The van der Waals surface area contributed by atoms with Gasteiger partial charge in [-0.15, -0.1) is 0 Å². The summed E-state index contributed by atoms with van der Waals surface area (Å²) in [4.78, 5) is 0. The van der Waals surface area contributed by atoms with Gasteiger partial charge in [0.15, 0.2) is 0 Å². The number of hydrogen-bond donors (Lipinski definition) is 0. The third-order valence-corrected chi connectivity index (χ3v) is 4.79. The highest BCUT2D eigenvalue weighted by atomic mass is 14.4. The van der Waals surface area contributed by atoms with Crippen LogP contribution in [0.15, 0.2) is 60.7 Å². The van der Waals surface area contributed by atoms with Crippen LogP contribution in [0.5, 0.6) is 0 Å². The fourth-order valence-corrected chi connectivity index (χ4v) is 3.83. The van der Waals surface area contributed by atoms with Crippen molar-refractivity contribution in [1.82, 2.24) is 0 Å². The van der Waals surface area contributed by atoms with Crippen molar-refractivity contribution in [2.24, 2.45) is 0 Å². The fraction of sp³-hybridized carbons (Fsp3) is 0.158. The van der Waals surface area contributed by atoms with Gasteiger partial charge in [0.05, 0.1) is 0 Å². The Morgan fingerprint density at radius 1 is 0.632 bits per heavy atom. The van der Waals surface area contributed by atoms with Gasteiger partial charge in [-0.25, -0.2) is 0 Å². The van der Waals surface area contributed by atoms with Crippen molar-refractivity contribution in [3.05, 3.63) is 71.8 Å². The Hall–Kier alpha value is -2.08. The SMILES string of the molecule is C1=CC2CC1c1cc3cc4ccccc4cc3cc12. The van der Waals surface area contributed by atoms with Crippen molar-refractivity contribution in [2.75, 3.05) is 0 Å². The number of fused-ring (bicyclic) bond motifs is 7. The molecule has 0 aliphatic heterocycles. The second-order valence-electron chi connectivity index (χ2n) is 5.86. The van der Waals surface area contributed by atoms with E-state index in [4.69, 9.17) is 0 Å². The van der Waals surface area contributed by atoms with E-state index in [1.807, 2.05) is 0 Å². The van der Waals surface area contributed by atoms with Gasteiger partial charge in [-0.2, -0.15) is 0 Å². The summed E-state index contributed by atoms with van der Waals surface area (Å²) >= 11 is 0. The molecule has 0 heterocycles. The lowest BCUT2D eigenvalue weighted by Gasteiger charge is -2.12. The van der Waals surface area contributed by atoms with E-state index in [1.165, 1.54) is 28.0 Å². The average molecular weight is 242 g/mol. The van der Waals surface area contributed by atoms with E-state index in [0.29, 0.717) is 11.8 Å². The van der Waals surface area contributed by atoms with Crippen molar-refractivity contribution in [3.63, 3.8) is 0 Å². The fourth-order valence-electron chi connectivity index (χ4n) is 3.83. The predicted octanol–water partition coefficient (Wildman–Crippen LogP) is 5.13. The van der Waals surface area contributed by atoms with E-state index in [1.54, 1.807) is 11.1 Å². The summed E-state index contributed by atoms with van der Waals surface area (Å²) in [5.74, 6) is 1.35. The zero-order valence-electron chi connectivity index (χ0n) is 10.6. The first-order valence-corrected chi connectivity index (χ1v) is 7.03. The molecule has 0 heteroatoms. The van der Waals surface area contributed by atoms with Gasteiger partial charge in [0.2, 0.25) is 0 Å². The Morgan fingerprint density at radius 3 is 1.68 bits per heavy atom. The van der Waals surface area contributed by atoms with Gasteiger partial charge < -0.3 is 0 Å². The van der Waals surface area contributed by atoms with Crippen LogP contribution in [0.25, 0.3) is 21.5 Å². The lowest BCUT2D eigenvalue weighted by molar-refractivity contribution is 0.805. The molecule has 0 aromatic heterocycles. The molecule has 2 bridgehead atoms. The molecule has 0 N–H and O–H groups in total. The van der Waals surface area contributed by atoms with E-state index >= 15 is 0 Å². The van der Waals surface area contributed by atoms with Crippen LogP contribution in [0, 0.1) is 0 Å². The van der Waals surface area contributed by atoms with Crippen molar-refractivity contribution < 1.29 is 0 Å². The summed E-state index contributed by atoms with van der Waals surface area (Å²) in [7, 11) is 0. The summed E-state index contributed by atoms with van der Waals surface area (Å²) < 4.78 is 0. The zero-order chi connectivity index (χ0) is 12.4. The zero-order valence-corrected chi connectivity index (χ0v) is 10.6. The molecule has 3 aromatic carbocycles. The largest absolute Gasteiger partial charge is 0.0804 e. The van der Waals surface area contributed by atoms with Crippen LogP contribution in [-0.2, 0) is 0 Å². The minimum atomic E-state index is 0.677. The smallest absolute Gasteiger partial charge is 0.00301 e. The molecule has 2 aliphatic rings. The van der Waals surface area contributed by atoms with Crippen LogP contribution < -0.4 is 0 Å². The summed E-state index contributed by atoms with van der Waals surface area (Å²) in [5, 5.41) is 5.46. The first kappa shape index (κ1) is 9.80. The minimum Gasteiger partial charge on any atom is -0.0804 e. The van der Waals surface area contributed by atoms with Crippen molar-refractivity contribution in [3.8, 4) is 0 Å². The van der Waals surface area contributed by atoms with Crippen molar-refractivity contribution >= 4 is 21.5 Å². The molecule has 0 saturated carbocycles. The summed E-state index contributed by atoms with van der Waals surface area (Å²) in [6, 6.07) is 18.2. The van der Waals surface area contributed by atoms with Crippen LogP contribution in [-0.4, -0.2) is 0 Å². The van der Waals surface area contributed by atoms with Crippen LogP contribution in [0.2, 0.25) is 0 Å². The van der Waals surface area contributed by atoms with E-state index < -0.39 is 0 Å². The Kier molecular flexibility index (Phi) is 1.69. The summed E-state index contributed by atoms with van der Waals surface area (Å²) in [6.07, 6.45) is 6.07. The molecule has 2 atom stereocenters. The van der Waals surface area contributed by atoms with E-state index in [-0.39, 0.29) is 0 Å². The highest BCUT2D eigenvalue weighted by Gasteiger charge is 2.32. The molecule has 0 nitrogen and oxygen atoms in total. The van der Waals surface area contributed by atoms with Gasteiger partial charge in [-0.05, 0) is 51.2 Å². The second-order valence-corrected chi connectivity index (χ2v) is 5.86. The van der Waals surface area contributed by atoms with E-state index in [2.05, 4.69) is 60.7 Å². The van der Waals surface area contributed by atoms with Gasteiger partial charge in [0, 0.05) is 11.8 Å². The topological polar surface area (TPSA) is 0 Å². The van der Waals surface area contributed by atoms with Gasteiger partial charge >= 0.3 is 0 Å². The molecule has 0 fully saturated rings. The summed E-state index contributed by atoms with van der Waals surface area (Å²) in [6.45, 7) is 0. The van der Waals surface area contributed by atoms with E-state index in [9.17, 15) is 0 Å². The van der Waals surface area contributed by atoms with Gasteiger partial charge in [0.1, 0.15) is 0 Å². The highest BCUT2D eigenvalue weighted by molar-refractivity contribution is 5.99. The maximum atomic E-state index is 2.42. The summed E-state index contributed by atoms with van der Waals surface area (Å²) in [5.41, 5.74) is 3.13. The second kappa shape index (κ2) is 3.27. The van der Waals surface area contributed by atoms with Gasteiger partial charge in [0.25, 0.3) is 0 Å². The number of rotatable bonds is 0. The normalized spacial score (nSPS) is 23.4. The molecular weight excluding hydrogens is 228 g/mol. The Labute approximate surface area is 112 Å². The third-order valence-electron chi connectivity index (χ3n) is 4.79. The Morgan fingerprint density at radius 2 is 1.16 bits per heavy atom. The molecule has 90 valence electrons. The number of allylic oxidation sites excluding steroid dienone is 2. The molecule has 19 heavy (non-hydrogen) atoms. The average Bonchev–Trinajstić information content (AvgIpc) is 3.04. The van der Waals surface area contributed by atoms with E-state index in [0.717, 1.165) is 0 Å². The molecule has 0 spiro atoms. The minimum absolute atomic E-state index is 0.677. The first-order chi connectivity index (χ1) is 9.38. The lowest BCUT2D eigenvalue weighted by Crippen LogP contribution is -1.93. The number of benzene rings is 3. The van der Waals surface area contributed by atoms with Crippen molar-refractivity contribution in [2.45, 2.75) is 18.3 Å². The predicted molar refractivity (Wildman–Crippen MR) is 80.7 cm³/mol. The monoisotopic (exact) mass is 242 g/mol. The molecule has 3 aromatic rings. The van der Waals surface area contributed by atoms with Gasteiger partial charge in [-0.3, -0.25) is 0 Å². The molecule has 0 saturated heterocycles. The van der Waals surface area contributed by atoms with Crippen LogP contribution in [0.1, 0.15) is 29.4 Å². The maximum Gasteiger partial charge on any atom is 0.00301 e. The molecule has 2 aliphatic carbocycles. The first-order valence-electron chi connectivity index (χ1n) is 7.03. The maximum absolute atomic E-state index is 2.42. The Bertz CT molecular complexity index is 784. The molecule has 5 rings (SSSR count). The quantitative estimate of drug-likeness (QED) is 0.378. The standard InChI is InChI=1S/C19H14/c1-2-4-13-8-17-11-19-15-6-5-14(9-15)18(19)10-16(17)7-12(13)3-1/h1-8,10-11,14-15H,9H2. The van der Waals surface area contributed by atoms with Crippen LogP contribution >= 0.6 is 0 Å². The van der Waals surface area contributed by atoms with Crippen LogP contribution in [0.4, 0.5) is 0 Å². The lowest BCUT2D eigenvalue weighted by atomic mass is 9.92. The molecule has 2 unspecified atom stereocenters. The molecular formula is C19H14. The Balaban J connectivity index is 1.88. The van der Waals surface area contributed by atoms with Crippen molar-refractivity contribution in [1.29, 1.82) is 0 Å². The highest BCUT2D eigenvalue weighted by Crippen LogP contribution is 2.49. The third kappa shape index (κ3) is 1.24. The number of hydrogen-bond acceptors (Lipinski definition) is 0. The molecule has 0 radical (unpaired) electrons. The molecule has 0 amide bonds. The van der Waals surface area contributed by atoms with Gasteiger partial charge in [-0.1, -0.05) is 48.6 Å².